The first-order valence-electron chi connectivity index (χ1n) is 8.63. The number of nitrogens with one attached hydrogen (secondary N) is 1. The number of halogens is 1. The van der Waals surface area contributed by atoms with E-state index in [2.05, 4.69) is 36.5 Å². The quantitative estimate of drug-likeness (QED) is 0.722. The van der Waals surface area contributed by atoms with Gasteiger partial charge in [0.1, 0.15) is 5.75 Å². The van der Waals surface area contributed by atoms with Gasteiger partial charge in [0, 0.05) is 11.6 Å². The van der Waals surface area contributed by atoms with Crippen molar-refractivity contribution < 1.29 is 9.53 Å². The lowest BCUT2D eigenvalue weighted by molar-refractivity contribution is -0.127. The number of benzene rings is 2. The maximum atomic E-state index is 12.2. The molecule has 1 amide bonds. The Kier molecular flexibility index (Phi) is 6.89. The van der Waals surface area contributed by atoms with E-state index in [0.29, 0.717) is 12.3 Å². The van der Waals surface area contributed by atoms with Gasteiger partial charge >= 0.3 is 0 Å². The van der Waals surface area contributed by atoms with E-state index in [-0.39, 0.29) is 5.91 Å². The number of carbonyl (C=O) groups is 1. The molecule has 0 aliphatic rings. The summed E-state index contributed by atoms with van der Waals surface area (Å²) in [5.41, 5.74) is 4.45. The number of amides is 1. The zero-order chi connectivity index (χ0) is 18.4. The fourth-order valence-electron chi connectivity index (χ4n) is 2.75. The van der Waals surface area contributed by atoms with Crippen LogP contribution in [0.15, 0.2) is 36.4 Å². The lowest BCUT2D eigenvalue weighted by atomic mass is 10.1. The molecule has 4 heteroatoms. The molecule has 1 N–H and O–H groups in total. The van der Waals surface area contributed by atoms with E-state index >= 15 is 0 Å². The van der Waals surface area contributed by atoms with Crippen molar-refractivity contribution in [3.8, 4) is 5.75 Å². The fraction of sp³-hybridized carbons (Fsp3) is 0.381. The van der Waals surface area contributed by atoms with E-state index in [1.165, 1.54) is 11.1 Å². The van der Waals surface area contributed by atoms with Crippen molar-refractivity contribution in [1.29, 1.82) is 0 Å². The number of hydrogen-bond acceptors (Lipinski definition) is 2. The molecule has 0 aliphatic carbocycles. The maximum Gasteiger partial charge on any atom is 0.260 e. The molecule has 0 spiro atoms. The highest BCUT2D eigenvalue weighted by molar-refractivity contribution is 6.32. The van der Waals surface area contributed by atoms with Crippen molar-refractivity contribution >= 4 is 17.5 Å². The smallest absolute Gasteiger partial charge is 0.260 e. The zero-order valence-corrected chi connectivity index (χ0v) is 16.1. The summed E-state index contributed by atoms with van der Waals surface area (Å²) >= 11 is 6.16. The topological polar surface area (TPSA) is 38.3 Å². The number of aryl methyl sites for hydroxylation is 4. The van der Waals surface area contributed by atoms with Gasteiger partial charge in [0.2, 0.25) is 0 Å². The van der Waals surface area contributed by atoms with Gasteiger partial charge < -0.3 is 10.1 Å². The Morgan fingerprint density at radius 2 is 1.84 bits per heavy atom. The number of carbonyl (C=O) groups excluding carboxylic acids is 1. The molecule has 3 nitrogen and oxygen atoms in total. The summed E-state index contributed by atoms with van der Waals surface area (Å²) in [7, 11) is 0. The van der Waals surface area contributed by atoms with Gasteiger partial charge in [0.15, 0.2) is 6.10 Å². The van der Waals surface area contributed by atoms with Crippen molar-refractivity contribution in [3.63, 3.8) is 0 Å². The Bertz CT molecular complexity index is 719. The van der Waals surface area contributed by atoms with Crippen LogP contribution in [0.1, 0.15) is 35.6 Å². The highest BCUT2D eigenvalue weighted by atomic mass is 35.5. The van der Waals surface area contributed by atoms with Crippen molar-refractivity contribution in [2.45, 2.75) is 46.6 Å². The summed E-state index contributed by atoms with van der Waals surface area (Å²) in [4.78, 5) is 12.2. The summed E-state index contributed by atoms with van der Waals surface area (Å²) < 4.78 is 5.75. The SMILES string of the molecule is Cc1cccc(CCCNC(=O)[C@@H](C)Oc2cc(C)c(Cl)c(C)c2)c1. The molecule has 0 heterocycles. The molecule has 0 unspecified atom stereocenters. The Hall–Kier alpha value is -2.00. The van der Waals surface area contributed by atoms with E-state index in [0.717, 1.165) is 29.0 Å². The predicted octanol–water partition coefficient (Wildman–Crippen LogP) is 4.78. The molecule has 2 aromatic carbocycles. The van der Waals surface area contributed by atoms with Gasteiger partial charge in [-0.3, -0.25) is 4.79 Å². The Morgan fingerprint density at radius 1 is 1.16 bits per heavy atom. The molecule has 2 rings (SSSR count). The van der Waals surface area contributed by atoms with Crippen molar-refractivity contribution in [3.05, 3.63) is 63.7 Å². The van der Waals surface area contributed by atoms with Gasteiger partial charge in [-0.2, -0.15) is 0 Å². The van der Waals surface area contributed by atoms with Crippen LogP contribution in [-0.2, 0) is 11.2 Å². The van der Waals surface area contributed by atoms with Crippen LogP contribution in [0.4, 0.5) is 0 Å². The molecule has 0 radical (unpaired) electrons. The van der Waals surface area contributed by atoms with Crippen LogP contribution in [0.2, 0.25) is 5.02 Å². The third kappa shape index (κ3) is 5.79. The van der Waals surface area contributed by atoms with Gasteiger partial charge in [-0.05, 0) is 69.4 Å². The number of ether oxygens (including phenoxy) is 1. The van der Waals surface area contributed by atoms with E-state index < -0.39 is 6.10 Å². The van der Waals surface area contributed by atoms with Gasteiger partial charge in [-0.15, -0.1) is 0 Å². The normalized spacial score (nSPS) is 11.9. The minimum absolute atomic E-state index is 0.102. The van der Waals surface area contributed by atoms with Crippen molar-refractivity contribution in [2.75, 3.05) is 6.54 Å². The Labute approximate surface area is 155 Å². The van der Waals surface area contributed by atoms with E-state index in [1.807, 2.05) is 26.0 Å². The highest BCUT2D eigenvalue weighted by Crippen LogP contribution is 2.26. The molecule has 0 aliphatic heterocycles. The summed E-state index contributed by atoms with van der Waals surface area (Å²) in [6.45, 7) is 8.34. The van der Waals surface area contributed by atoms with Crippen molar-refractivity contribution in [1.82, 2.24) is 5.32 Å². The molecule has 25 heavy (non-hydrogen) atoms. The number of rotatable bonds is 7. The van der Waals surface area contributed by atoms with Crippen molar-refractivity contribution in [2.24, 2.45) is 0 Å². The average molecular weight is 360 g/mol. The first-order chi connectivity index (χ1) is 11.9. The van der Waals surface area contributed by atoms with Gasteiger partial charge in [0.25, 0.3) is 5.91 Å². The second kappa shape index (κ2) is 8.91. The van der Waals surface area contributed by atoms with Gasteiger partial charge in [-0.25, -0.2) is 0 Å². The second-order valence-electron chi connectivity index (χ2n) is 6.51. The lowest BCUT2D eigenvalue weighted by Gasteiger charge is -2.16. The van der Waals surface area contributed by atoms with Crippen LogP contribution >= 0.6 is 11.6 Å². The van der Waals surface area contributed by atoms with Crippen LogP contribution in [0, 0.1) is 20.8 Å². The molecule has 134 valence electrons. The molecule has 0 aromatic heterocycles. The van der Waals surface area contributed by atoms with Crippen LogP contribution in [0.25, 0.3) is 0 Å². The first-order valence-corrected chi connectivity index (χ1v) is 9.01. The molecule has 0 saturated carbocycles. The second-order valence-corrected chi connectivity index (χ2v) is 6.89. The van der Waals surface area contributed by atoms with Gasteiger partial charge in [-0.1, -0.05) is 41.4 Å². The van der Waals surface area contributed by atoms with Crippen LogP contribution < -0.4 is 10.1 Å². The zero-order valence-electron chi connectivity index (χ0n) is 15.4. The largest absolute Gasteiger partial charge is 0.481 e. The van der Waals surface area contributed by atoms with Crippen LogP contribution in [0.3, 0.4) is 0 Å². The lowest BCUT2D eigenvalue weighted by Crippen LogP contribution is -2.37. The van der Waals surface area contributed by atoms with E-state index in [4.69, 9.17) is 16.3 Å². The average Bonchev–Trinajstić information content (AvgIpc) is 2.56. The predicted molar refractivity (Wildman–Crippen MR) is 104 cm³/mol. The minimum atomic E-state index is -0.543. The summed E-state index contributed by atoms with van der Waals surface area (Å²) in [6, 6.07) is 12.2. The molecule has 1 atom stereocenters. The first kappa shape index (κ1) is 19.3. The molecule has 2 aromatic rings. The number of hydrogen-bond donors (Lipinski definition) is 1. The molecule has 0 bridgehead atoms. The third-order valence-corrected chi connectivity index (χ3v) is 4.71. The summed E-state index contributed by atoms with van der Waals surface area (Å²) in [5, 5.41) is 3.67. The minimum Gasteiger partial charge on any atom is -0.481 e. The monoisotopic (exact) mass is 359 g/mol. The van der Waals surface area contributed by atoms with Crippen LogP contribution in [-0.4, -0.2) is 18.6 Å². The maximum absolute atomic E-state index is 12.2. The Balaban J connectivity index is 1.78. The van der Waals surface area contributed by atoms with Gasteiger partial charge in [0.05, 0.1) is 0 Å². The molecule has 0 fully saturated rings. The molecular formula is C21H26ClNO2. The Morgan fingerprint density at radius 3 is 2.48 bits per heavy atom. The fourth-order valence-corrected chi connectivity index (χ4v) is 2.86. The summed E-state index contributed by atoms with van der Waals surface area (Å²) in [5.74, 6) is 0.566. The van der Waals surface area contributed by atoms with E-state index in [9.17, 15) is 4.79 Å². The summed E-state index contributed by atoms with van der Waals surface area (Å²) in [6.07, 6.45) is 1.31. The third-order valence-electron chi connectivity index (χ3n) is 4.12. The van der Waals surface area contributed by atoms with E-state index in [1.54, 1.807) is 6.92 Å². The standard InChI is InChI=1S/C21H26ClNO2/c1-14-7-5-8-18(11-14)9-6-10-23-21(24)17(4)25-19-12-15(2)20(22)16(3)13-19/h5,7-8,11-13,17H,6,9-10H2,1-4H3,(H,23,24)/t17-/m1/s1. The molecular weight excluding hydrogens is 334 g/mol. The highest BCUT2D eigenvalue weighted by Gasteiger charge is 2.15. The van der Waals surface area contributed by atoms with Crippen LogP contribution in [0.5, 0.6) is 5.75 Å². The molecule has 0 saturated heterocycles.